The molecule has 0 aliphatic heterocycles. The van der Waals surface area contributed by atoms with Crippen LogP contribution in [-0.2, 0) is 11.3 Å². The lowest BCUT2D eigenvalue weighted by atomic mass is 9.44. The molecule has 4 aliphatic carbocycles. The smallest absolute Gasteiger partial charge is 0.137 e. The third-order valence-corrected chi connectivity index (χ3v) is 9.94. The maximum atomic E-state index is 13.7. The Bertz CT molecular complexity index is 872. The molecule has 0 saturated heterocycles. The molecule has 8 atom stereocenters. The number of aliphatic hydroxyl groups is 1. The van der Waals surface area contributed by atoms with Gasteiger partial charge in [0.15, 0.2) is 0 Å². The Morgan fingerprint density at radius 1 is 1.23 bits per heavy atom. The average molecular weight is 410 g/mol. The lowest BCUT2D eigenvalue weighted by Crippen LogP contribution is -2.57. The number of hydrogen-bond donors (Lipinski definition) is 1. The molecular formula is C25H35N3O2. The van der Waals surface area contributed by atoms with Crippen LogP contribution in [0.4, 0.5) is 0 Å². The standard InChI is InChI=1S/C25H35N3O2/c1-24-10-4-3-5-17(24)6-7-18-19-8-9-20(25(19,2)11-21(29)23(18)24)22(30)15-28-14-16(12-26)13-27-28/h13-14,17-20,22-23,30H,3-11,15H2,1-2H3/t17-,18+,19+,20-,22?,23-,24?,25?/m1/s1. The summed E-state index contributed by atoms with van der Waals surface area (Å²) < 4.78 is 1.68. The van der Waals surface area contributed by atoms with Crippen molar-refractivity contribution in [2.45, 2.75) is 84.3 Å². The van der Waals surface area contributed by atoms with Crippen molar-refractivity contribution in [1.29, 1.82) is 5.26 Å². The zero-order valence-corrected chi connectivity index (χ0v) is 18.4. The Kier molecular flexibility index (Phi) is 4.85. The Labute approximate surface area is 179 Å². The van der Waals surface area contributed by atoms with E-state index < -0.39 is 6.10 Å². The molecule has 0 spiro atoms. The molecule has 3 unspecified atom stereocenters. The lowest BCUT2D eigenvalue weighted by Gasteiger charge is -2.59. The molecule has 0 amide bonds. The first-order valence-corrected chi connectivity index (χ1v) is 12.0. The van der Waals surface area contributed by atoms with Gasteiger partial charge in [-0.1, -0.05) is 26.7 Å². The molecule has 1 N–H and O–H groups in total. The maximum Gasteiger partial charge on any atom is 0.137 e. The third-order valence-electron chi connectivity index (χ3n) is 9.94. The van der Waals surface area contributed by atoms with Crippen LogP contribution < -0.4 is 0 Å². The highest BCUT2D eigenvalue weighted by atomic mass is 16.3. The van der Waals surface area contributed by atoms with Crippen LogP contribution in [0.5, 0.6) is 0 Å². The first kappa shape index (κ1) is 20.2. The predicted octanol–water partition coefficient (Wildman–Crippen LogP) is 4.34. The Balaban J connectivity index is 1.38. The number of fused-ring (bicyclic) bond motifs is 5. The molecule has 4 fully saturated rings. The Morgan fingerprint density at radius 2 is 2.07 bits per heavy atom. The first-order chi connectivity index (χ1) is 14.4. The molecule has 4 aliphatic rings. The SMILES string of the molecule is CC12CC(=O)[C@H]3[C@@H](CC[C@H]4CCCCC43C)[C@@H]1CC[C@@H]2C(O)Cn1cc(C#N)cn1. The topological polar surface area (TPSA) is 78.9 Å². The summed E-state index contributed by atoms with van der Waals surface area (Å²) in [6.45, 7) is 5.11. The van der Waals surface area contributed by atoms with Crippen molar-refractivity contribution < 1.29 is 9.90 Å². The number of carbonyl (C=O) groups excluding carboxylic acids is 1. The van der Waals surface area contributed by atoms with Crippen LogP contribution in [0.1, 0.15) is 77.2 Å². The number of Topliss-reactive ketones (excluding diaryl/α,β-unsaturated/α-hetero) is 1. The van der Waals surface area contributed by atoms with Gasteiger partial charge in [0.25, 0.3) is 0 Å². The summed E-state index contributed by atoms with van der Waals surface area (Å²) in [5, 5.41) is 24.4. The fraction of sp³-hybridized carbons (Fsp3) is 0.800. The number of aromatic nitrogens is 2. The van der Waals surface area contributed by atoms with Gasteiger partial charge in [0.2, 0.25) is 0 Å². The van der Waals surface area contributed by atoms with Gasteiger partial charge in [0.1, 0.15) is 11.9 Å². The Hall–Kier alpha value is -1.67. The molecule has 1 heterocycles. The molecule has 4 saturated carbocycles. The lowest BCUT2D eigenvalue weighted by molar-refractivity contribution is -0.159. The van der Waals surface area contributed by atoms with Crippen LogP contribution in [0.15, 0.2) is 12.4 Å². The van der Waals surface area contributed by atoms with Gasteiger partial charge in [0.05, 0.1) is 24.4 Å². The summed E-state index contributed by atoms with van der Waals surface area (Å²) >= 11 is 0. The van der Waals surface area contributed by atoms with E-state index >= 15 is 0 Å². The minimum absolute atomic E-state index is 0.110. The number of nitrogens with zero attached hydrogens (tertiary/aromatic N) is 3. The van der Waals surface area contributed by atoms with Crippen LogP contribution >= 0.6 is 0 Å². The number of rotatable bonds is 3. The minimum atomic E-state index is -0.530. The fourth-order valence-electron chi connectivity index (χ4n) is 8.62. The molecule has 0 bridgehead atoms. The van der Waals surface area contributed by atoms with Gasteiger partial charge in [-0.15, -0.1) is 0 Å². The van der Waals surface area contributed by atoms with Crippen molar-refractivity contribution in [2.24, 2.45) is 40.4 Å². The van der Waals surface area contributed by atoms with Gasteiger partial charge in [0, 0.05) is 18.5 Å². The first-order valence-electron chi connectivity index (χ1n) is 12.0. The number of hydrogen-bond acceptors (Lipinski definition) is 4. The van der Waals surface area contributed by atoms with Crippen molar-refractivity contribution >= 4 is 5.78 Å². The monoisotopic (exact) mass is 409 g/mol. The van der Waals surface area contributed by atoms with E-state index in [4.69, 9.17) is 5.26 Å². The van der Waals surface area contributed by atoms with E-state index in [1.54, 1.807) is 17.1 Å². The minimum Gasteiger partial charge on any atom is -0.391 e. The number of nitriles is 1. The van der Waals surface area contributed by atoms with Gasteiger partial charge < -0.3 is 5.11 Å². The summed E-state index contributed by atoms with van der Waals surface area (Å²) in [6, 6.07) is 2.10. The van der Waals surface area contributed by atoms with E-state index in [2.05, 4.69) is 25.0 Å². The quantitative estimate of drug-likeness (QED) is 0.805. The van der Waals surface area contributed by atoms with Gasteiger partial charge in [-0.3, -0.25) is 9.48 Å². The van der Waals surface area contributed by atoms with Gasteiger partial charge >= 0.3 is 0 Å². The molecule has 5 rings (SSSR count). The zero-order valence-electron chi connectivity index (χ0n) is 18.4. The van der Waals surface area contributed by atoms with Crippen LogP contribution in [0.25, 0.3) is 0 Å². The van der Waals surface area contributed by atoms with Crippen molar-refractivity contribution in [3.63, 3.8) is 0 Å². The molecule has 162 valence electrons. The number of ketones is 1. The van der Waals surface area contributed by atoms with Crippen molar-refractivity contribution in [2.75, 3.05) is 0 Å². The van der Waals surface area contributed by atoms with E-state index in [0.717, 1.165) is 18.8 Å². The molecule has 5 nitrogen and oxygen atoms in total. The van der Waals surface area contributed by atoms with E-state index in [0.29, 0.717) is 36.1 Å². The third kappa shape index (κ3) is 2.90. The largest absolute Gasteiger partial charge is 0.391 e. The maximum absolute atomic E-state index is 13.7. The Morgan fingerprint density at radius 3 is 2.83 bits per heavy atom. The van der Waals surface area contributed by atoms with E-state index in [1.807, 2.05) is 0 Å². The second kappa shape index (κ2) is 7.19. The van der Waals surface area contributed by atoms with E-state index in [-0.39, 0.29) is 22.7 Å². The molecule has 5 heteroatoms. The molecule has 1 aromatic rings. The van der Waals surface area contributed by atoms with Crippen molar-refractivity contribution in [1.82, 2.24) is 9.78 Å². The number of aliphatic hydroxyl groups excluding tert-OH is 1. The van der Waals surface area contributed by atoms with Crippen LogP contribution in [0, 0.1) is 51.8 Å². The number of carbonyl (C=O) groups is 1. The van der Waals surface area contributed by atoms with Crippen molar-refractivity contribution in [3.8, 4) is 6.07 Å². The van der Waals surface area contributed by atoms with Crippen molar-refractivity contribution in [3.05, 3.63) is 18.0 Å². The summed E-state index contributed by atoms with van der Waals surface area (Å²) in [5.74, 6) is 2.64. The highest BCUT2D eigenvalue weighted by Crippen LogP contribution is 2.66. The second-order valence-electron chi connectivity index (χ2n) is 11.2. The molecule has 0 radical (unpaired) electrons. The molecule has 30 heavy (non-hydrogen) atoms. The predicted molar refractivity (Wildman–Crippen MR) is 113 cm³/mol. The summed E-state index contributed by atoms with van der Waals surface area (Å²) in [5.41, 5.74) is 0.616. The molecule has 0 aromatic carbocycles. The van der Waals surface area contributed by atoms with Crippen LogP contribution in [0.3, 0.4) is 0 Å². The highest BCUT2D eigenvalue weighted by Gasteiger charge is 2.63. The van der Waals surface area contributed by atoms with Crippen LogP contribution in [-0.4, -0.2) is 26.8 Å². The summed E-state index contributed by atoms with van der Waals surface area (Å²) in [4.78, 5) is 13.7. The zero-order chi connectivity index (χ0) is 21.1. The van der Waals surface area contributed by atoms with Gasteiger partial charge in [-0.25, -0.2) is 0 Å². The normalized spacial score (nSPS) is 43.9. The van der Waals surface area contributed by atoms with E-state index in [1.165, 1.54) is 38.5 Å². The highest BCUT2D eigenvalue weighted by molar-refractivity contribution is 5.84. The van der Waals surface area contributed by atoms with Crippen LogP contribution in [0.2, 0.25) is 0 Å². The summed E-state index contributed by atoms with van der Waals surface area (Å²) in [7, 11) is 0. The fourth-order valence-corrected chi connectivity index (χ4v) is 8.62. The molecular weight excluding hydrogens is 374 g/mol. The van der Waals surface area contributed by atoms with Gasteiger partial charge in [-0.2, -0.15) is 10.4 Å². The van der Waals surface area contributed by atoms with E-state index in [9.17, 15) is 9.90 Å². The average Bonchev–Trinajstić information content (AvgIpc) is 3.30. The summed E-state index contributed by atoms with van der Waals surface area (Å²) in [6.07, 6.45) is 13.1. The molecule has 1 aromatic heterocycles. The van der Waals surface area contributed by atoms with Gasteiger partial charge in [-0.05, 0) is 73.0 Å². The second-order valence-corrected chi connectivity index (χ2v) is 11.2.